The molecule has 1 aliphatic rings. The van der Waals surface area contributed by atoms with Gasteiger partial charge in [-0.1, -0.05) is 39.2 Å². The molecule has 146 valence electrons. The number of anilines is 2. The Morgan fingerprint density at radius 1 is 1.15 bits per heavy atom. The van der Waals surface area contributed by atoms with E-state index in [-0.39, 0.29) is 35.6 Å². The molecule has 0 aromatic heterocycles. The Morgan fingerprint density at radius 2 is 1.81 bits per heavy atom. The van der Waals surface area contributed by atoms with Crippen molar-refractivity contribution in [2.45, 2.75) is 59.3 Å². The third-order valence-electron chi connectivity index (χ3n) is 5.19. The van der Waals surface area contributed by atoms with E-state index < -0.39 is 0 Å². The van der Waals surface area contributed by atoms with Gasteiger partial charge in [-0.05, 0) is 49.4 Å². The second-order valence-corrected chi connectivity index (χ2v) is 7.66. The second kappa shape index (κ2) is 9.93. The highest BCUT2D eigenvalue weighted by molar-refractivity contribution is 5.95. The van der Waals surface area contributed by atoms with Crippen LogP contribution in [0.15, 0.2) is 18.2 Å². The Kier molecular flexibility index (Phi) is 8.57. The molecular weight excluding hydrogens is 350 g/mol. The Morgan fingerprint density at radius 3 is 2.38 bits per heavy atom. The summed E-state index contributed by atoms with van der Waals surface area (Å²) < 4.78 is 0. The average Bonchev–Trinajstić information content (AvgIpc) is 2.58. The SMILES string of the molecule is Cc1ccc(NC(=O)C(C)C)cc1NC(=O)CC1(CN)CCCCC1.Cl. The maximum atomic E-state index is 12.6. The monoisotopic (exact) mass is 381 g/mol. The first-order valence-corrected chi connectivity index (χ1v) is 9.27. The van der Waals surface area contributed by atoms with Crippen LogP contribution in [0.4, 0.5) is 11.4 Å². The molecular formula is C20H32ClN3O2. The van der Waals surface area contributed by atoms with Gasteiger partial charge in [-0.15, -0.1) is 12.4 Å². The molecule has 0 bridgehead atoms. The van der Waals surface area contributed by atoms with Crippen LogP contribution in [0.2, 0.25) is 0 Å². The Balaban J connectivity index is 0.00000338. The Labute approximate surface area is 162 Å². The van der Waals surface area contributed by atoms with Gasteiger partial charge in [0, 0.05) is 23.7 Å². The van der Waals surface area contributed by atoms with Crippen molar-refractivity contribution in [3.05, 3.63) is 23.8 Å². The fourth-order valence-corrected chi connectivity index (χ4v) is 3.41. The van der Waals surface area contributed by atoms with E-state index >= 15 is 0 Å². The number of hydrogen-bond acceptors (Lipinski definition) is 3. The summed E-state index contributed by atoms with van der Waals surface area (Å²) in [6.45, 7) is 6.21. The van der Waals surface area contributed by atoms with E-state index in [1.54, 1.807) is 0 Å². The van der Waals surface area contributed by atoms with E-state index in [0.717, 1.165) is 36.9 Å². The van der Waals surface area contributed by atoms with Gasteiger partial charge in [0.1, 0.15) is 0 Å². The van der Waals surface area contributed by atoms with Crippen molar-refractivity contribution in [3.8, 4) is 0 Å². The predicted octanol–water partition coefficient (Wildman–Crippen LogP) is 4.25. The molecule has 0 radical (unpaired) electrons. The molecule has 6 heteroatoms. The van der Waals surface area contributed by atoms with E-state index in [9.17, 15) is 9.59 Å². The first-order valence-electron chi connectivity index (χ1n) is 9.27. The molecule has 0 spiro atoms. The number of benzene rings is 1. The quantitative estimate of drug-likeness (QED) is 0.688. The zero-order valence-corrected chi connectivity index (χ0v) is 16.9. The number of amides is 2. The third-order valence-corrected chi connectivity index (χ3v) is 5.19. The topological polar surface area (TPSA) is 84.2 Å². The molecule has 0 saturated heterocycles. The lowest BCUT2D eigenvalue weighted by Crippen LogP contribution is -2.36. The van der Waals surface area contributed by atoms with Crippen LogP contribution in [-0.4, -0.2) is 18.4 Å². The molecule has 5 nitrogen and oxygen atoms in total. The van der Waals surface area contributed by atoms with Crippen molar-refractivity contribution in [1.29, 1.82) is 0 Å². The van der Waals surface area contributed by atoms with Gasteiger partial charge in [0.15, 0.2) is 0 Å². The van der Waals surface area contributed by atoms with Gasteiger partial charge in [-0.2, -0.15) is 0 Å². The van der Waals surface area contributed by atoms with Crippen LogP contribution in [0.1, 0.15) is 57.9 Å². The Hall–Kier alpha value is -1.59. The van der Waals surface area contributed by atoms with Gasteiger partial charge < -0.3 is 16.4 Å². The van der Waals surface area contributed by atoms with E-state index in [0.29, 0.717) is 18.7 Å². The molecule has 1 saturated carbocycles. The van der Waals surface area contributed by atoms with E-state index in [1.165, 1.54) is 6.42 Å². The van der Waals surface area contributed by atoms with Gasteiger partial charge in [-0.25, -0.2) is 0 Å². The molecule has 0 atom stereocenters. The fourth-order valence-electron chi connectivity index (χ4n) is 3.41. The van der Waals surface area contributed by atoms with Crippen molar-refractivity contribution < 1.29 is 9.59 Å². The number of nitrogens with two attached hydrogens (primary N) is 1. The fraction of sp³-hybridized carbons (Fsp3) is 0.600. The molecule has 1 aromatic rings. The van der Waals surface area contributed by atoms with Crippen LogP contribution < -0.4 is 16.4 Å². The molecule has 1 aromatic carbocycles. The lowest BCUT2D eigenvalue weighted by atomic mass is 9.71. The molecule has 1 fully saturated rings. The van der Waals surface area contributed by atoms with Crippen LogP contribution in [0, 0.1) is 18.3 Å². The van der Waals surface area contributed by atoms with Crippen molar-refractivity contribution in [3.63, 3.8) is 0 Å². The number of hydrogen-bond donors (Lipinski definition) is 3. The highest BCUT2D eigenvalue weighted by Crippen LogP contribution is 2.38. The zero-order valence-electron chi connectivity index (χ0n) is 16.1. The summed E-state index contributed by atoms with van der Waals surface area (Å²) in [5.74, 6) is -0.122. The van der Waals surface area contributed by atoms with E-state index in [4.69, 9.17) is 5.73 Å². The largest absolute Gasteiger partial charge is 0.330 e. The highest BCUT2D eigenvalue weighted by atomic mass is 35.5. The van der Waals surface area contributed by atoms with E-state index in [1.807, 2.05) is 39.0 Å². The summed E-state index contributed by atoms with van der Waals surface area (Å²) in [4.78, 5) is 24.4. The van der Waals surface area contributed by atoms with Gasteiger partial charge in [0.25, 0.3) is 0 Å². The predicted molar refractivity (Wildman–Crippen MR) is 110 cm³/mol. The summed E-state index contributed by atoms with van der Waals surface area (Å²) in [5.41, 5.74) is 8.35. The summed E-state index contributed by atoms with van der Waals surface area (Å²) in [6, 6.07) is 5.59. The first kappa shape index (κ1) is 22.5. The first-order chi connectivity index (χ1) is 11.8. The number of halogens is 1. The lowest BCUT2D eigenvalue weighted by molar-refractivity contribution is -0.119. The third kappa shape index (κ3) is 5.99. The number of nitrogens with one attached hydrogen (secondary N) is 2. The average molecular weight is 382 g/mol. The minimum absolute atomic E-state index is 0. The molecule has 1 aliphatic carbocycles. The molecule has 0 heterocycles. The van der Waals surface area contributed by atoms with Gasteiger partial charge in [0.2, 0.25) is 11.8 Å². The van der Waals surface area contributed by atoms with E-state index in [2.05, 4.69) is 10.6 Å². The van der Waals surface area contributed by atoms with Gasteiger partial charge in [0.05, 0.1) is 0 Å². The van der Waals surface area contributed by atoms with Crippen LogP contribution >= 0.6 is 12.4 Å². The number of carbonyl (C=O) groups excluding carboxylic acids is 2. The number of aryl methyl sites for hydroxylation is 1. The highest BCUT2D eigenvalue weighted by Gasteiger charge is 2.33. The summed E-state index contributed by atoms with van der Waals surface area (Å²) >= 11 is 0. The second-order valence-electron chi connectivity index (χ2n) is 7.66. The summed E-state index contributed by atoms with van der Waals surface area (Å²) in [6.07, 6.45) is 6.06. The molecule has 0 aliphatic heterocycles. The number of rotatable bonds is 6. The molecule has 26 heavy (non-hydrogen) atoms. The van der Waals surface area contributed by atoms with Gasteiger partial charge in [-0.3, -0.25) is 9.59 Å². The molecule has 2 amide bonds. The number of carbonyl (C=O) groups is 2. The lowest BCUT2D eigenvalue weighted by Gasteiger charge is -2.35. The minimum Gasteiger partial charge on any atom is -0.330 e. The van der Waals surface area contributed by atoms with Gasteiger partial charge >= 0.3 is 0 Å². The zero-order chi connectivity index (χ0) is 18.4. The van der Waals surface area contributed by atoms with Crippen LogP contribution in [0.5, 0.6) is 0 Å². The Bertz CT molecular complexity index is 625. The molecule has 4 N–H and O–H groups in total. The van der Waals surface area contributed by atoms with Crippen LogP contribution in [-0.2, 0) is 9.59 Å². The summed E-state index contributed by atoms with van der Waals surface area (Å²) in [7, 11) is 0. The standard InChI is InChI=1S/C20H31N3O2.ClH/c1-14(2)19(25)22-16-8-7-15(3)17(11-16)23-18(24)12-20(13-21)9-5-4-6-10-20;/h7-8,11,14H,4-6,9-10,12-13,21H2,1-3H3,(H,22,25)(H,23,24);1H. The molecule has 0 unspecified atom stereocenters. The molecule has 2 rings (SSSR count). The van der Waals surface area contributed by atoms with Crippen molar-refractivity contribution >= 4 is 35.6 Å². The maximum Gasteiger partial charge on any atom is 0.226 e. The van der Waals surface area contributed by atoms with Crippen LogP contribution in [0.3, 0.4) is 0 Å². The smallest absolute Gasteiger partial charge is 0.226 e. The van der Waals surface area contributed by atoms with Crippen molar-refractivity contribution in [2.75, 3.05) is 17.2 Å². The van der Waals surface area contributed by atoms with Crippen LogP contribution in [0.25, 0.3) is 0 Å². The van der Waals surface area contributed by atoms with Crippen molar-refractivity contribution in [1.82, 2.24) is 0 Å². The maximum absolute atomic E-state index is 12.6. The summed E-state index contributed by atoms with van der Waals surface area (Å²) in [5, 5.41) is 5.89. The normalized spacial score (nSPS) is 15.9. The van der Waals surface area contributed by atoms with Crippen molar-refractivity contribution in [2.24, 2.45) is 17.1 Å². The minimum atomic E-state index is -0.0879.